The summed E-state index contributed by atoms with van der Waals surface area (Å²) in [4.78, 5) is 22.0. The number of carbonyl (C=O) groups excluding carboxylic acids is 2. The van der Waals surface area contributed by atoms with Crippen molar-refractivity contribution in [2.45, 2.75) is 31.8 Å². The first-order valence-corrected chi connectivity index (χ1v) is 4.82. The maximum Gasteiger partial charge on any atom is 0.342 e. The number of carbonyl (C=O) groups is 2. The van der Waals surface area contributed by atoms with E-state index in [1.165, 1.54) is 6.08 Å². The third-order valence-corrected chi connectivity index (χ3v) is 2.84. The van der Waals surface area contributed by atoms with Crippen molar-refractivity contribution >= 4 is 11.9 Å². The number of hydrogen-bond acceptors (Lipinski definition) is 4. The van der Waals surface area contributed by atoms with E-state index in [1.807, 2.05) is 0 Å². The summed E-state index contributed by atoms with van der Waals surface area (Å²) in [7, 11) is 0. The Morgan fingerprint density at radius 3 is 2.36 bits per heavy atom. The lowest BCUT2D eigenvalue weighted by molar-refractivity contribution is -0.151. The number of hydrogen-bond donors (Lipinski definition) is 1. The van der Waals surface area contributed by atoms with Crippen LogP contribution in [0.4, 0.5) is 0 Å². The summed E-state index contributed by atoms with van der Waals surface area (Å²) in [5, 5.41) is 9.29. The van der Waals surface area contributed by atoms with Crippen LogP contribution in [0.5, 0.6) is 0 Å². The number of rotatable bonds is 1. The second kappa shape index (κ2) is 3.53. The molecule has 0 radical (unpaired) electrons. The third-order valence-electron chi connectivity index (χ3n) is 2.84. The molecule has 4 nitrogen and oxygen atoms in total. The number of esters is 2. The van der Waals surface area contributed by atoms with E-state index in [0.717, 1.165) is 12.8 Å². The molecule has 1 aliphatic heterocycles. The van der Waals surface area contributed by atoms with Crippen molar-refractivity contribution in [3.05, 3.63) is 11.6 Å². The quantitative estimate of drug-likeness (QED) is 0.491. The topological polar surface area (TPSA) is 63.6 Å². The van der Waals surface area contributed by atoms with Crippen molar-refractivity contribution in [2.75, 3.05) is 0 Å². The van der Waals surface area contributed by atoms with Crippen molar-refractivity contribution in [3.63, 3.8) is 0 Å². The summed E-state index contributed by atoms with van der Waals surface area (Å²) in [6.07, 6.45) is 3.95. The summed E-state index contributed by atoms with van der Waals surface area (Å²) in [6.45, 7) is 0. The Morgan fingerprint density at radius 2 is 1.86 bits per heavy atom. The van der Waals surface area contributed by atoms with Crippen LogP contribution in [0.3, 0.4) is 0 Å². The van der Waals surface area contributed by atoms with E-state index in [9.17, 15) is 14.7 Å². The van der Waals surface area contributed by atoms with E-state index in [-0.39, 0.29) is 12.0 Å². The first kappa shape index (κ1) is 9.40. The Balaban J connectivity index is 2.05. The highest BCUT2D eigenvalue weighted by Crippen LogP contribution is 2.32. The largest absolute Gasteiger partial charge is 0.393 e. The molecule has 1 saturated carbocycles. The van der Waals surface area contributed by atoms with E-state index in [2.05, 4.69) is 4.74 Å². The minimum Gasteiger partial charge on any atom is -0.393 e. The van der Waals surface area contributed by atoms with Crippen LogP contribution < -0.4 is 0 Å². The number of ether oxygens (including phenoxy) is 1. The Kier molecular flexibility index (Phi) is 2.37. The Bertz CT molecular complexity index is 297. The van der Waals surface area contributed by atoms with Gasteiger partial charge >= 0.3 is 11.9 Å². The SMILES string of the molecule is O=C1C=C(C2CCC(O)CC2)C(=O)O1. The zero-order valence-corrected chi connectivity index (χ0v) is 7.73. The Morgan fingerprint density at radius 1 is 1.21 bits per heavy atom. The fourth-order valence-corrected chi connectivity index (χ4v) is 2.04. The van der Waals surface area contributed by atoms with Gasteiger partial charge < -0.3 is 9.84 Å². The number of aliphatic hydroxyl groups excluding tert-OH is 1. The van der Waals surface area contributed by atoms with Gasteiger partial charge in [-0.3, -0.25) is 0 Å². The summed E-state index contributed by atoms with van der Waals surface area (Å²) in [5.41, 5.74) is 0.488. The zero-order chi connectivity index (χ0) is 10.1. The van der Waals surface area contributed by atoms with Crippen molar-refractivity contribution in [2.24, 2.45) is 5.92 Å². The van der Waals surface area contributed by atoms with Gasteiger partial charge in [-0.25, -0.2) is 9.59 Å². The molecule has 4 heteroatoms. The van der Waals surface area contributed by atoms with Gasteiger partial charge in [-0.15, -0.1) is 0 Å². The molecule has 14 heavy (non-hydrogen) atoms. The Hall–Kier alpha value is -1.16. The molecule has 1 heterocycles. The van der Waals surface area contributed by atoms with E-state index in [1.54, 1.807) is 0 Å². The average molecular weight is 196 g/mol. The third kappa shape index (κ3) is 1.70. The monoisotopic (exact) mass is 196 g/mol. The molecule has 2 rings (SSSR count). The maximum absolute atomic E-state index is 11.2. The van der Waals surface area contributed by atoms with Gasteiger partial charge in [0.2, 0.25) is 0 Å². The fourth-order valence-electron chi connectivity index (χ4n) is 2.04. The fraction of sp³-hybridized carbons (Fsp3) is 0.600. The van der Waals surface area contributed by atoms with Crippen LogP contribution in [0.15, 0.2) is 11.6 Å². The van der Waals surface area contributed by atoms with Crippen LogP contribution >= 0.6 is 0 Å². The molecule has 0 aromatic carbocycles. The molecule has 0 spiro atoms. The van der Waals surface area contributed by atoms with Gasteiger partial charge in [-0.05, 0) is 31.6 Å². The van der Waals surface area contributed by atoms with E-state index in [0.29, 0.717) is 18.4 Å². The summed E-state index contributed by atoms with van der Waals surface area (Å²) in [5.74, 6) is -0.968. The van der Waals surface area contributed by atoms with Crippen molar-refractivity contribution in [1.82, 2.24) is 0 Å². The van der Waals surface area contributed by atoms with Gasteiger partial charge in [-0.1, -0.05) is 0 Å². The highest BCUT2D eigenvalue weighted by Gasteiger charge is 2.32. The Labute approximate surface area is 81.6 Å². The second-order valence-electron chi connectivity index (χ2n) is 3.81. The smallest absolute Gasteiger partial charge is 0.342 e. The zero-order valence-electron chi connectivity index (χ0n) is 7.73. The summed E-state index contributed by atoms with van der Waals surface area (Å²) >= 11 is 0. The summed E-state index contributed by atoms with van der Waals surface area (Å²) in [6, 6.07) is 0. The molecule has 0 bridgehead atoms. The standard InChI is InChI=1S/C10H12O4/c11-7-3-1-6(2-4-7)8-5-9(12)14-10(8)13/h5-7,11H,1-4H2. The van der Waals surface area contributed by atoms with Crippen LogP contribution in [0.2, 0.25) is 0 Å². The second-order valence-corrected chi connectivity index (χ2v) is 3.81. The minimum atomic E-state index is -0.559. The first-order valence-electron chi connectivity index (χ1n) is 4.82. The molecular weight excluding hydrogens is 184 g/mol. The molecule has 1 aliphatic carbocycles. The highest BCUT2D eigenvalue weighted by molar-refractivity contribution is 6.09. The highest BCUT2D eigenvalue weighted by atomic mass is 16.6. The molecule has 1 N–H and O–H groups in total. The van der Waals surface area contributed by atoms with Gasteiger partial charge in [0.25, 0.3) is 0 Å². The normalized spacial score (nSPS) is 32.8. The molecule has 0 atom stereocenters. The van der Waals surface area contributed by atoms with Crippen LogP contribution in [-0.4, -0.2) is 23.1 Å². The molecule has 0 unspecified atom stereocenters. The molecular formula is C10H12O4. The molecule has 76 valence electrons. The molecule has 0 aromatic rings. The lowest BCUT2D eigenvalue weighted by atomic mass is 9.82. The minimum absolute atomic E-state index is 0.0948. The van der Waals surface area contributed by atoms with Gasteiger partial charge in [0.05, 0.1) is 6.10 Å². The predicted molar refractivity (Wildman–Crippen MR) is 47.1 cm³/mol. The van der Waals surface area contributed by atoms with E-state index >= 15 is 0 Å². The van der Waals surface area contributed by atoms with Gasteiger partial charge in [0.1, 0.15) is 0 Å². The van der Waals surface area contributed by atoms with E-state index in [4.69, 9.17) is 0 Å². The predicted octanol–water partition coefficient (Wildman–Crippen LogP) is 0.547. The summed E-state index contributed by atoms with van der Waals surface area (Å²) < 4.78 is 4.42. The maximum atomic E-state index is 11.2. The number of cyclic esters (lactones) is 2. The molecule has 0 saturated heterocycles. The molecule has 0 aromatic heterocycles. The van der Waals surface area contributed by atoms with Crippen LogP contribution in [0, 0.1) is 5.92 Å². The van der Waals surface area contributed by atoms with Crippen LogP contribution in [-0.2, 0) is 14.3 Å². The van der Waals surface area contributed by atoms with Crippen molar-refractivity contribution in [1.29, 1.82) is 0 Å². The van der Waals surface area contributed by atoms with Crippen LogP contribution in [0.25, 0.3) is 0 Å². The van der Waals surface area contributed by atoms with E-state index < -0.39 is 11.9 Å². The van der Waals surface area contributed by atoms with Crippen molar-refractivity contribution < 1.29 is 19.4 Å². The molecule has 1 fully saturated rings. The average Bonchev–Trinajstić information content (AvgIpc) is 2.47. The lowest BCUT2D eigenvalue weighted by Crippen LogP contribution is -2.21. The van der Waals surface area contributed by atoms with Crippen LogP contribution in [0.1, 0.15) is 25.7 Å². The molecule has 0 amide bonds. The van der Waals surface area contributed by atoms with Gasteiger partial charge in [0, 0.05) is 11.6 Å². The van der Waals surface area contributed by atoms with Crippen molar-refractivity contribution in [3.8, 4) is 0 Å². The molecule has 2 aliphatic rings. The first-order chi connectivity index (χ1) is 6.66. The number of aliphatic hydroxyl groups is 1. The lowest BCUT2D eigenvalue weighted by Gasteiger charge is -2.24. The van der Waals surface area contributed by atoms with Gasteiger partial charge in [0.15, 0.2) is 0 Å². The van der Waals surface area contributed by atoms with Gasteiger partial charge in [-0.2, -0.15) is 0 Å².